The molecule has 15 aromatic rings. The van der Waals surface area contributed by atoms with Gasteiger partial charge in [-0.1, -0.05) is 243 Å². The second-order valence-corrected chi connectivity index (χ2v) is 40.3. The average molecular weight is 2090 g/mol. The van der Waals surface area contributed by atoms with Crippen molar-refractivity contribution < 1.29 is 74.3 Å². The van der Waals surface area contributed by atoms with E-state index < -0.39 is 41.4 Å². The monoisotopic (exact) mass is 2090 g/mol. The zero-order valence-electron chi connectivity index (χ0n) is 89.9. The summed E-state index contributed by atoms with van der Waals surface area (Å²) in [7, 11) is -1.36. The summed E-state index contributed by atoms with van der Waals surface area (Å²) < 4.78 is 18.3. The zero-order valence-corrected chi connectivity index (χ0v) is 92.5. The van der Waals surface area contributed by atoms with Gasteiger partial charge in [0.1, 0.15) is 28.4 Å². The maximum atomic E-state index is 14.0. The molecule has 0 saturated carbocycles. The van der Waals surface area contributed by atoms with Crippen LogP contribution in [0.5, 0.6) is 0 Å². The zero-order chi connectivity index (χ0) is 107. The Morgan fingerprint density at radius 1 is 0.463 bits per heavy atom. The first-order chi connectivity index (χ1) is 69.9. The number of para-hydroxylation sites is 4. The van der Waals surface area contributed by atoms with Crippen molar-refractivity contribution in [2.24, 2.45) is 11.5 Å². The van der Waals surface area contributed by atoms with E-state index in [-0.39, 0.29) is 105 Å². The molecule has 2 fully saturated rings. The Balaban J connectivity index is 0.000000227. The van der Waals surface area contributed by atoms with Gasteiger partial charge in [0.2, 0.25) is 0 Å². The van der Waals surface area contributed by atoms with E-state index in [2.05, 4.69) is 183 Å². The van der Waals surface area contributed by atoms with Crippen LogP contribution in [0.2, 0.25) is 0 Å². The minimum absolute atomic E-state index is 0. The van der Waals surface area contributed by atoms with E-state index in [1.807, 2.05) is 216 Å². The summed E-state index contributed by atoms with van der Waals surface area (Å²) in [6.07, 6.45) is 16.0. The fraction of sp³-hybridized carbons (Fsp3) is 0.325. The largest absolute Gasteiger partial charge is 1.00 e. The van der Waals surface area contributed by atoms with Crippen LogP contribution in [0.4, 0.5) is 38.3 Å². The van der Waals surface area contributed by atoms with Crippen LogP contribution in [-0.2, 0) is 21.3 Å². The number of alkyl halides is 1. The maximum Gasteiger partial charge on any atom is 1.00 e. The molecule has 0 unspecified atom stereocenters. The Morgan fingerprint density at radius 2 is 0.846 bits per heavy atom. The van der Waals surface area contributed by atoms with Gasteiger partial charge >= 0.3 is 65.9 Å². The van der Waals surface area contributed by atoms with E-state index in [0.29, 0.717) is 101 Å². The first kappa shape index (κ1) is 118. The predicted molar refractivity (Wildman–Crippen MR) is 597 cm³/mol. The Morgan fingerprint density at radius 3 is 1.28 bits per heavy atom. The van der Waals surface area contributed by atoms with Gasteiger partial charge in [-0.05, 0) is 186 Å². The summed E-state index contributed by atoms with van der Waals surface area (Å²) >= 11 is 3.36. The van der Waals surface area contributed by atoms with Crippen molar-refractivity contribution in [1.82, 2.24) is 58.4 Å². The maximum absolute atomic E-state index is 14.0. The number of H-pyrrole nitrogens is 1. The number of nitrogens with one attached hydrogen (secondary N) is 2. The number of aromatic amines is 1. The number of benzene rings is 7. The number of primary amides is 2. The van der Waals surface area contributed by atoms with Crippen molar-refractivity contribution >= 4 is 122 Å². The number of halogens is 1. The quantitative estimate of drug-likeness (QED) is 0.0238. The number of pyridine rings is 5. The van der Waals surface area contributed by atoms with Gasteiger partial charge in [-0.2, -0.15) is 14.5 Å². The molecule has 0 bridgehead atoms. The van der Waals surface area contributed by atoms with Crippen molar-refractivity contribution in [2.45, 2.75) is 215 Å². The summed E-state index contributed by atoms with van der Waals surface area (Å²) in [5, 5.41) is 24.4. The standard InChI is InChI=1S/C34H42N5O3.C27H35N5O3.C16H15N3O2.C15H17N3O.C9H13BO2.C7H7Br.C6H7N3O.B.Na.H/c1-23(2)27-15-11-12-16-29(27)39-30-22-36(21-26-13-9-8-10-14-26)18-17-28(30)31(35-32(39)40)37-19-25(4)38(20-24(37)3)33(41)42-34(5,6)7;1-17(2)20-10-8-9-11-22(20)32-23-14-28-13-12-21(23)24(29-25(32)33)30-15-19(4)31(16-18(30)3)26(34)35-27(5,6)7;1-10(2)11-5-3-4-6-13(11)19-14-9-17-8-7-12(14)15(20)18-16(19)21;1-10(2)11-5-3-4-6-13(11)18-14-9-17-8-7-12(14)15(16)19;1-7(2)8-5-3-4-6-9(8)10(11)12;8-6-7-4-2-1-3-5-7;7-5-3-9-2-1-4(5)6(8)10;;;/h8-18,22-25H,19-21H2,1-7H3;8-14,17-19H,15-16H2,1-7H3;3-10H,1-2H3,(H,18,20,21);3-10,18H,1-2H3,(H2,16,19);3-7,11-12H,1-2H3;1-5H,6H2;1-3H,7H2,(H2,8,10);;;/q+1;;;;;;;;+1;-1/t24-,25+;18-,19+;;;;;;;;/m00......../s1. The minimum Gasteiger partial charge on any atom is -1.00 e. The van der Waals surface area contributed by atoms with Crippen molar-refractivity contribution in [3.05, 3.63) is 366 Å². The first-order valence-corrected chi connectivity index (χ1v) is 50.4. The molecular formula is C114H137B2BrN19NaO12+. The van der Waals surface area contributed by atoms with Gasteiger partial charge in [-0.25, -0.2) is 24.0 Å². The molecule has 10 N–H and O–H groups in total. The molecule has 0 spiro atoms. The normalized spacial score (nSPS) is 14.3. The third kappa shape index (κ3) is 31.0. The molecule has 4 amide bonds. The van der Waals surface area contributed by atoms with Crippen LogP contribution < -0.4 is 94.5 Å². The number of nitrogen functional groups attached to an aromatic ring is 1. The molecular weight excluding hydrogens is 1950 g/mol. The van der Waals surface area contributed by atoms with Gasteiger partial charge < -0.3 is 63.1 Å². The number of hydrogen-bond acceptors (Lipinski definition) is 22. The van der Waals surface area contributed by atoms with Gasteiger partial charge in [-0.15, -0.1) is 0 Å². The number of anilines is 5. The number of piperazine rings is 2. The van der Waals surface area contributed by atoms with Crippen molar-refractivity contribution in [2.75, 3.05) is 47.0 Å². The van der Waals surface area contributed by atoms with Crippen LogP contribution >= 0.6 is 15.9 Å². The number of aromatic nitrogens is 11. The summed E-state index contributed by atoms with van der Waals surface area (Å²) in [6.45, 7) is 43.0. The SMILES string of the molecule is BrCc1ccccc1.CC(C)c1ccccc1-n1c(=O)[nH]c(=O)c2ccncc21.CC(C)c1ccccc1-n1c(=O)nc(N2C[C@@H](C)N(C(=O)OC(C)(C)C)C[C@@H]2C)c2cc[n+](Cc3ccccc3)cc21.CC(C)c1ccccc1-n1c(=O)nc(N2C[C@@H](C)N(C(=O)OC(C)(C)C)C[C@@H]2C)c2ccncc21.CC(C)c1ccccc1B(O)O.CC(C)c1ccccc1Nc1cnccc1C(N)=O.NC(=O)c1ccncc1N.[B].[H-].[Na+]. The number of carbonyl (C=O) groups excluding carboxylic acids is 4. The van der Waals surface area contributed by atoms with Gasteiger partial charge in [0, 0.05) is 112 Å². The number of carbonyl (C=O) groups is 4. The van der Waals surface area contributed by atoms with Crippen LogP contribution in [0.1, 0.15) is 229 Å². The van der Waals surface area contributed by atoms with E-state index in [1.165, 1.54) is 39.7 Å². The Kier molecular flexibility index (Phi) is 42.9. The molecule has 4 atom stereocenters. The third-order valence-electron chi connectivity index (χ3n) is 24.6. The Labute approximate surface area is 905 Å². The topological polar surface area (TPSA) is 410 Å². The van der Waals surface area contributed by atoms with E-state index in [4.69, 9.17) is 41.7 Å². The van der Waals surface area contributed by atoms with Crippen molar-refractivity contribution in [3.63, 3.8) is 0 Å². The van der Waals surface area contributed by atoms with Gasteiger partial charge in [0.25, 0.3) is 17.4 Å². The van der Waals surface area contributed by atoms with E-state index in [9.17, 15) is 38.4 Å². The predicted octanol–water partition coefficient (Wildman–Crippen LogP) is 15.2. The fourth-order valence-electron chi connectivity index (χ4n) is 17.3. The van der Waals surface area contributed by atoms with Crippen LogP contribution in [-0.4, -0.2) is 170 Å². The Hall–Kier alpha value is -14.3. The van der Waals surface area contributed by atoms with Gasteiger partial charge in [0.05, 0.1) is 86.2 Å². The number of fused-ring (bicyclic) bond motifs is 3. The smallest absolute Gasteiger partial charge is 1.00 e. The third-order valence-corrected chi connectivity index (χ3v) is 25.2. The average Bonchev–Trinajstić information content (AvgIpc) is 0.732. The van der Waals surface area contributed by atoms with Crippen LogP contribution in [0.15, 0.2) is 293 Å². The molecule has 2 aliphatic rings. The second-order valence-electron chi connectivity index (χ2n) is 39.8. The number of amides is 4. The van der Waals surface area contributed by atoms with Crippen LogP contribution in [0, 0.1) is 0 Å². The molecule has 2 saturated heterocycles. The fourth-order valence-corrected chi connectivity index (χ4v) is 17.7. The summed E-state index contributed by atoms with van der Waals surface area (Å²) in [5.41, 5.74) is 28.6. The molecule has 8 aromatic heterocycles. The summed E-state index contributed by atoms with van der Waals surface area (Å²) in [5.74, 6) is 1.70. The molecule has 3 radical (unpaired) electrons. The molecule has 10 heterocycles. The molecule has 31 nitrogen and oxygen atoms in total. The van der Waals surface area contributed by atoms with Crippen molar-refractivity contribution in [3.8, 4) is 17.1 Å². The van der Waals surface area contributed by atoms with Crippen LogP contribution in [0.3, 0.4) is 0 Å². The van der Waals surface area contributed by atoms with E-state index in [1.54, 1.807) is 80.4 Å². The molecule has 17 rings (SSSR count). The second kappa shape index (κ2) is 54.1. The Bertz CT molecular complexity index is 7310. The number of rotatable bonds is 18. The van der Waals surface area contributed by atoms with E-state index in [0.717, 1.165) is 66.6 Å². The first-order valence-electron chi connectivity index (χ1n) is 49.3. The summed E-state index contributed by atoms with van der Waals surface area (Å²) in [6, 6.07) is 67.9. The van der Waals surface area contributed by atoms with Gasteiger partial charge in [-0.3, -0.25) is 53.0 Å². The minimum atomic E-state index is -1.36. The molecule has 2 aliphatic heterocycles. The number of nitrogens with two attached hydrogens (primary N) is 3. The molecule has 0 aliphatic carbocycles. The van der Waals surface area contributed by atoms with E-state index >= 15 is 0 Å². The van der Waals surface area contributed by atoms with Gasteiger partial charge in [0.15, 0.2) is 18.9 Å². The number of nitrogens with zero attached hydrogens (tertiary/aromatic N) is 14. The molecule has 7 aromatic carbocycles. The summed E-state index contributed by atoms with van der Waals surface area (Å²) in [4.78, 5) is 135. The number of ether oxygens (including phenoxy) is 2. The number of hydrogen-bond donors (Lipinski definition) is 7. The van der Waals surface area contributed by atoms with Crippen molar-refractivity contribution in [1.29, 1.82) is 0 Å². The molecule has 149 heavy (non-hydrogen) atoms. The molecule has 35 heteroatoms. The van der Waals surface area contributed by atoms with Crippen LogP contribution in [0.25, 0.3) is 49.8 Å². The molecule has 773 valence electrons.